The van der Waals surface area contributed by atoms with Gasteiger partial charge in [-0.1, -0.05) is 6.07 Å². The highest BCUT2D eigenvalue weighted by Gasteiger charge is 2.24. The fraction of sp³-hybridized carbons (Fsp3) is 0.467. The van der Waals surface area contributed by atoms with Crippen molar-refractivity contribution in [2.75, 3.05) is 6.54 Å². The number of nitrogens with one attached hydrogen (secondary N) is 1. The Labute approximate surface area is 122 Å². The molecule has 1 saturated carbocycles. The Morgan fingerprint density at radius 3 is 2.76 bits per heavy atom. The van der Waals surface area contributed by atoms with E-state index in [9.17, 15) is 4.79 Å². The first kappa shape index (κ1) is 13.9. The molecule has 1 aromatic carbocycles. The van der Waals surface area contributed by atoms with Crippen LogP contribution in [0, 0.1) is 5.92 Å². The third kappa shape index (κ3) is 2.85. The molecule has 1 aliphatic carbocycles. The molecule has 21 heavy (non-hydrogen) atoms. The van der Waals surface area contributed by atoms with Gasteiger partial charge in [0.25, 0.3) is 0 Å². The number of para-hydroxylation sites is 1. The van der Waals surface area contributed by atoms with Crippen LogP contribution in [0.15, 0.2) is 18.2 Å². The van der Waals surface area contributed by atoms with Crippen LogP contribution in [0.1, 0.15) is 37.4 Å². The first-order chi connectivity index (χ1) is 10.2. The standard InChI is InChI=1S/C15H20N4O2/c16-8-9-4-6-10(7-5-9)14-18-11-2-1-3-12(13(11)19-14)21-15(17)20/h1-3,9-10H,4-8,16H2,(H2,17,20)(H,18,19). The van der Waals surface area contributed by atoms with Gasteiger partial charge in [0.15, 0.2) is 5.75 Å². The molecule has 1 heterocycles. The lowest BCUT2D eigenvalue weighted by molar-refractivity contribution is 0.211. The van der Waals surface area contributed by atoms with Crippen LogP contribution in [-0.2, 0) is 0 Å². The largest absolute Gasteiger partial charge is 0.410 e. The van der Waals surface area contributed by atoms with E-state index >= 15 is 0 Å². The summed E-state index contributed by atoms with van der Waals surface area (Å²) in [5.74, 6) is 2.42. The molecule has 0 aliphatic heterocycles. The van der Waals surface area contributed by atoms with Crippen molar-refractivity contribution in [2.24, 2.45) is 17.4 Å². The summed E-state index contributed by atoms with van der Waals surface area (Å²) in [7, 11) is 0. The predicted molar refractivity (Wildman–Crippen MR) is 80.1 cm³/mol. The molecule has 0 spiro atoms. The number of fused-ring (bicyclic) bond motifs is 1. The Kier molecular flexibility index (Phi) is 3.79. The van der Waals surface area contributed by atoms with E-state index in [1.165, 1.54) is 0 Å². The number of hydrogen-bond acceptors (Lipinski definition) is 4. The van der Waals surface area contributed by atoms with E-state index in [1.807, 2.05) is 12.1 Å². The summed E-state index contributed by atoms with van der Waals surface area (Å²) in [5.41, 5.74) is 12.3. The highest BCUT2D eigenvalue weighted by molar-refractivity contribution is 5.84. The second-order valence-corrected chi connectivity index (χ2v) is 5.65. The molecular weight excluding hydrogens is 268 g/mol. The number of hydrogen-bond donors (Lipinski definition) is 3. The normalized spacial score (nSPS) is 22.3. The number of carbonyl (C=O) groups is 1. The van der Waals surface area contributed by atoms with Crippen molar-refractivity contribution in [3.63, 3.8) is 0 Å². The quantitative estimate of drug-likeness (QED) is 0.805. The number of primary amides is 1. The van der Waals surface area contributed by atoms with Crippen LogP contribution < -0.4 is 16.2 Å². The number of nitrogens with two attached hydrogens (primary N) is 2. The lowest BCUT2D eigenvalue weighted by atomic mass is 9.82. The molecule has 3 rings (SSSR count). The molecule has 6 nitrogen and oxygen atoms in total. The maximum Gasteiger partial charge on any atom is 0.410 e. The lowest BCUT2D eigenvalue weighted by Crippen LogP contribution is -2.21. The van der Waals surface area contributed by atoms with E-state index in [2.05, 4.69) is 9.97 Å². The average molecular weight is 288 g/mol. The van der Waals surface area contributed by atoms with E-state index in [4.69, 9.17) is 16.2 Å². The number of ether oxygens (including phenoxy) is 1. The second-order valence-electron chi connectivity index (χ2n) is 5.65. The van der Waals surface area contributed by atoms with Crippen molar-refractivity contribution in [1.29, 1.82) is 0 Å². The van der Waals surface area contributed by atoms with Gasteiger partial charge in [0.2, 0.25) is 0 Å². The monoisotopic (exact) mass is 288 g/mol. The summed E-state index contributed by atoms with van der Waals surface area (Å²) in [6.45, 7) is 0.767. The van der Waals surface area contributed by atoms with Crippen molar-refractivity contribution in [3.8, 4) is 5.75 Å². The SMILES string of the molecule is NCC1CCC(c2nc3c(OC(N)=O)cccc3[nH]2)CC1. The molecule has 0 atom stereocenters. The first-order valence-corrected chi connectivity index (χ1v) is 7.33. The fourth-order valence-electron chi connectivity index (χ4n) is 3.08. The number of amides is 1. The van der Waals surface area contributed by atoms with Gasteiger partial charge in [0.1, 0.15) is 11.3 Å². The predicted octanol–water partition coefficient (Wildman–Crippen LogP) is 2.25. The molecule has 2 aromatic rings. The summed E-state index contributed by atoms with van der Waals surface area (Å²) < 4.78 is 5.00. The van der Waals surface area contributed by atoms with Gasteiger partial charge < -0.3 is 21.2 Å². The minimum Gasteiger partial charge on any atom is -0.408 e. The molecule has 5 N–H and O–H groups in total. The lowest BCUT2D eigenvalue weighted by Gasteiger charge is -2.26. The summed E-state index contributed by atoms with van der Waals surface area (Å²) in [6, 6.07) is 5.43. The maximum absolute atomic E-state index is 10.9. The van der Waals surface area contributed by atoms with E-state index in [-0.39, 0.29) is 0 Å². The van der Waals surface area contributed by atoms with Crippen LogP contribution >= 0.6 is 0 Å². The van der Waals surface area contributed by atoms with E-state index in [1.54, 1.807) is 6.07 Å². The van der Waals surface area contributed by atoms with Gasteiger partial charge >= 0.3 is 6.09 Å². The van der Waals surface area contributed by atoms with Gasteiger partial charge in [-0.05, 0) is 50.3 Å². The van der Waals surface area contributed by atoms with E-state index in [0.717, 1.165) is 43.6 Å². The summed E-state index contributed by atoms with van der Waals surface area (Å²) >= 11 is 0. The zero-order valence-corrected chi connectivity index (χ0v) is 11.8. The Hall–Kier alpha value is -2.08. The zero-order valence-electron chi connectivity index (χ0n) is 11.8. The molecule has 6 heteroatoms. The summed E-state index contributed by atoms with van der Waals surface area (Å²) in [6.07, 6.45) is 3.64. The number of aromatic amines is 1. The maximum atomic E-state index is 10.9. The van der Waals surface area contributed by atoms with Gasteiger partial charge in [-0.2, -0.15) is 0 Å². The van der Waals surface area contributed by atoms with Crippen molar-refractivity contribution in [1.82, 2.24) is 9.97 Å². The van der Waals surface area contributed by atoms with Crippen molar-refractivity contribution in [3.05, 3.63) is 24.0 Å². The minimum atomic E-state index is -0.824. The van der Waals surface area contributed by atoms with Crippen LogP contribution in [-0.4, -0.2) is 22.6 Å². The number of aromatic nitrogens is 2. The number of H-pyrrole nitrogens is 1. The van der Waals surface area contributed by atoms with Crippen LogP contribution in [0.2, 0.25) is 0 Å². The van der Waals surface area contributed by atoms with Gasteiger partial charge in [0.05, 0.1) is 5.52 Å². The zero-order chi connectivity index (χ0) is 14.8. The van der Waals surface area contributed by atoms with Crippen LogP contribution in [0.4, 0.5) is 4.79 Å². The average Bonchev–Trinajstić information content (AvgIpc) is 2.92. The third-order valence-corrected chi connectivity index (χ3v) is 4.27. The topological polar surface area (TPSA) is 107 Å². The molecule has 0 radical (unpaired) electrons. The number of benzene rings is 1. The van der Waals surface area contributed by atoms with Gasteiger partial charge in [-0.15, -0.1) is 0 Å². The van der Waals surface area contributed by atoms with Gasteiger partial charge in [-0.25, -0.2) is 9.78 Å². The molecule has 1 aromatic heterocycles. The Bertz CT molecular complexity index is 644. The molecule has 1 fully saturated rings. The van der Waals surface area contributed by atoms with Crippen LogP contribution in [0.25, 0.3) is 11.0 Å². The number of carbonyl (C=O) groups excluding carboxylic acids is 1. The minimum absolute atomic E-state index is 0.401. The smallest absolute Gasteiger partial charge is 0.408 e. The Morgan fingerprint density at radius 1 is 1.33 bits per heavy atom. The summed E-state index contributed by atoms with van der Waals surface area (Å²) in [4.78, 5) is 18.9. The molecule has 0 bridgehead atoms. The molecular formula is C15H20N4O2. The van der Waals surface area contributed by atoms with Crippen LogP contribution in [0.5, 0.6) is 5.75 Å². The fourth-order valence-corrected chi connectivity index (χ4v) is 3.08. The first-order valence-electron chi connectivity index (χ1n) is 7.33. The third-order valence-electron chi connectivity index (χ3n) is 4.27. The van der Waals surface area contributed by atoms with Gasteiger partial charge in [-0.3, -0.25) is 0 Å². The number of rotatable bonds is 3. The number of nitrogens with zero attached hydrogens (tertiary/aromatic N) is 1. The summed E-state index contributed by atoms with van der Waals surface area (Å²) in [5, 5.41) is 0. The molecule has 1 amide bonds. The molecule has 112 valence electrons. The van der Waals surface area contributed by atoms with Crippen LogP contribution in [0.3, 0.4) is 0 Å². The highest BCUT2D eigenvalue weighted by Crippen LogP contribution is 2.35. The molecule has 0 unspecified atom stereocenters. The van der Waals surface area contributed by atoms with Crippen molar-refractivity contribution < 1.29 is 9.53 Å². The van der Waals surface area contributed by atoms with Crippen molar-refractivity contribution in [2.45, 2.75) is 31.6 Å². The molecule has 0 saturated heterocycles. The van der Waals surface area contributed by atoms with Crippen molar-refractivity contribution >= 4 is 17.1 Å². The Balaban J connectivity index is 1.86. The molecule has 1 aliphatic rings. The second kappa shape index (κ2) is 5.73. The van der Waals surface area contributed by atoms with E-state index in [0.29, 0.717) is 23.1 Å². The number of imidazole rings is 1. The van der Waals surface area contributed by atoms with E-state index < -0.39 is 6.09 Å². The van der Waals surface area contributed by atoms with Gasteiger partial charge in [0, 0.05) is 5.92 Å². The highest BCUT2D eigenvalue weighted by atomic mass is 16.5. The Morgan fingerprint density at radius 2 is 2.10 bits per heavy atom.